The highest BCUT2D eigenvalue weighted by atomic mass is 16.5. The summed E-state index contributed by atoms with van der Waals surface area (Å²) in [6.45, 7) is 2.26. The van der Waals surface area contributed by atoms with Gasteiger partial charge in [-0.3, -0.25) is 4.79 Å². The predicted molar refractivity (Wildman–Crippen MR) is 116 cm³/mol. The van der Waals surface area contributed by atoms with Gasteiger partial charge in [0.05, 0.1) is 13.3 Å². The number of para-hydroxylation sites is 1. The van der Waals surface area contributed by atoms with E-state index in [1.54, 1.807) is 13.2 Å². The molecule has 0 saturated carbocycles. The van der Waals surface area contributed by atoms with Gasteiger partial charge in [0.1, 0.15) is 12.4 Å². The molecule has 0 spiro atoms. The first-order valence-corrected chi connectivity index (χ1v) is 9.51. The van der Waals surface area contributed by atoms with Crippen molar-refractivity contribution in [2.45, 2.75) is 13.5 Å². The smallest absolute Gasteiger partial charge is 0.277 e. The van der Waals surface area contributed by atoms with Crippen LogP contribution in [0.5, 0.6) is 17.2 Å². The summed E-state index contributed by atoms with van der Waals surface area (Å²) in [6, 6.07) is 22.9. The molecule has 0 aromatic heterocycles. The van der Waals surface area contributed by atoms with E-state index in [1.807, 2.05) is 73.7 Å². The van der Waals surface area contributed by atoms with Crippen LogP contribution in [-0.4, -0.2) is 25.8 Å². The molecule has 0 unspecified atom stereocenters. The highest BCUT2D eigenvalue weighted by Crippen LogP contribution is 2.28. The van der Waals surface area contributed by atoms with E-state index >= 15 is 0 Å². The van der Waals surface area contributed by atoms with Crippen LogP contribution in [0.1, 0.15) is 16.7 Å². The third kappa shape index (κ3) is 6.10. The van der Waals surface area contributed by atoms with Crippen molar-refractivity contribution in [3.63, 3.8) is 0 Å². The van der Waals surface area contributed by atoms with E-state index in [0.29, 0.717) is 23.9 Å². The monoisotopic (exact) mass is 404 g/mol. The number of hydrazone groups is 1. The van der Waals surface area contributed by atoms with E-state index in [4.69, 9.17) is 14.2 Å². The Morgan fingerprint density at radius 3 is 2.47 bits per heavy atom. The number of ether oxygens (including phenoxy) is 3. The molecule has 0 radical (unpaired) electrons. The van der Waals surface area contributed by atoms with Crippen LogP contribution in [0.3, 0.4) is 0 Å². The van der Waals surface area contributed by atoms with Crippen molar-refractivity contribution in [3.05, 3.63) is 89.5 Å². The minimum atomic E-state index is -0.343. The van der Waals surface area contributed by atoms with Crippen molar-refractivity contribution in [3.8, 4) is 17.2 Å². The Hall–Kier alpha value is -3.80. The van der Waals surface area contributed by atoms with E-state index in [9.17, 15) is 4.79 Å². The van der Waals surface area contributed by atoms with Gasteiger partial charge in [-0.05, 0) is 47.9 Å². The van der Waals surface area contributed by atoms with Crippen LogP contribution in [0, 0.1) is 6.92 Å². The number of benzene rings is 3. The lowest BCUT2D eigenvalue weighted by molar-refractivity contribution is -0.123. The SMILES string of the molecule is COc1cc(/C=N\NC(=O)COc2ccccc2C)ccc1OCc1ccccc1. The Balaban J connectivity index is 1.52. The molecule has 0 atom stereocenters. The van der Waals surface area contributed by atoms with Crippen LogP contribution in [0.4, 0.5) is 0 Å². The highest BCUT2D eigenvalue weighted by Gasteiger charge is 2.06. The van der Waals surface area contributed by atoms with Crippen molar-refractivity contribution >= 4 is 12.1 Å². The molecule has 0 saturated heterocycles. The first-order valence-electron chi connectivity index (χ1n) is 9.51. The largest absolute Gasteiger partial charge is 0.493 e. The molecule has 0 aliphatic carbocycles. The maximum atomic E-state index is 11.9. The van der Waals surface area contributed by atoms with E-state index in [-0.39, 0.29) is 12.5 Å². The number of carbonyl (C=O) groups is 1. The number of nitrogens with one attached hydrogen (secondary N) is 1. The number of amides is 1. The molecular formula is C24H24N2O4. The molecule has 6 nitrogen and oxygen atoms in total. The van der Waals surface area contributed by atoms with Gasteiger partial charge in [0.15, 0.2) is 18.1 Å². The highest BCUT2D eigenvalue weighted by molar-refractivity contribution is 5.83. The van der Waals surface area contributed by atoms with Gasteiger partial charge in [0, 0.05) is 0 Å². The van der Waals surface area contributed by atoms with Crippen LogP contribution < -0.4 is 19.6 Å². The van der Waals surface area contributed by atoms with Crippen LogP contribution in [-0.2, 0) is 11.4 Å². The van der Waals surface area contributed by atoms with Gasteiger partial charge in [-0.2, -0.15) is 5.10 Å². The van der Waals surface area contributed by atoms with Gasteiger partial charge in [0.2, 0.25) is 0 Å². The molecule has 3 aromatic rings. The zero-order valence-electron chi connectivity index (χ0n) is 17.0. The lowest BCUT2D eigenvalue weighted by atomic mass is 10.2. The molecule has 154 valence electrons. The molecule has 30 heavy (non-hydrogen) atoms. The first kappa shape index (κ1) is 20.9. The Morgan fingerprint density at radius 2 is 1.70 bits per heavy atom. The van der Waals surface area contributed by atoms with E-state index in [0.717, 1.165) is 16.7 Å². The summed E-state index contributed by atoms with van der Waals surface area (Å²) in [6.07, 6.45) is 1.54. The van der Waals surface area contributed by atoms with Crippen LogP contribution >= 0.6 is 0 Å². The summed E-state index contributed by atoms with van der Waals surface area (Å²) in [7, 11) is 1.58. The summed E-state index contributed by atoms with van der Waals surface area (Å²) in [5.41, 5.74) is 5.25. The van der Waals surface area contributed by atoms with Gasteiger partial charge >= 0.3 is 0 Å². The summed E-state index contributed by atoms with van der Waals surface area (Å²) in [5, 5.41) is 3.97. The zero-order valence-corrected chi connectivity index (χ0v) is 17.0. The molecule has 0 bridgehead atoms. The Kier molecular flexibility index (Phi) is 7.44. The van der Waals surface area contributed by atoms with Crippen molar-refractivity contribution in [1.29, 1.82) is 0 Å². The van der Waals surface area contributed by atoms with Crippen molar-refractivity contribution in [2.75, 3.05) is 13.7 Å². The predicted octanol–water partition coefficient (Wildman–Crippen LogP) is 4.11. The topological polar surface area (TPSA) is 69.2 Å². The normalized spacial score (nSPS) is 10.6. The fourth-order valence-corrected chi connectivity index (χ4v) is 2.69. The average molecular weight is 404 g/mol. The van der Waals surface area contributed by atoms with E-state index in [2.05, 4.69) is 10.5 Å². The summed E-state index contributed by atoms with van der Waals surface area (Å²) >= 11 is 0. The van der Waals surface area contributed by atoms with E-state index < -0.39 is 0 Å². The minimum absolute atomic E-state index is 0.113. The third-order valence-corrected chi connectivity index (χ3v) is 4.28. The molecule has 0 aliphatic rings. The Labute approximate surface area is 176 Å². The minimum Gasteiger partial charge on any atom is -0.493 e. The number of aryl methyl sites for hydroxylation is 1. The Bertz CT molecular complexity index is 1000. The van der Waals surface area contributed by atoms with E-state index in [1.165, 1.54) is 6.21 Å². The second kappa shape index (κ2) is 10.7. The van der Waals surface area contributed by atoms with Crippen molar-refractivity contribution in [1.82, 2.24) is 5.43 Å². The van der Waals surface area contributed by atoms with Gasteiger partial charge < -0.3 is 14.2 Å². The number of methoxy groups -OCH3 is 1. The lowest BCUT2D eigenvalue weighted by Gasteiger charge is -2.11. The number of rotatable bonds is 9. The second-order valence-corrected chi connectivity index (χ2v) is 6.53. The molecule has 0 aliphatic heterocycles. The van der Waals surface area contributed by atoms with Crippen LogP contribution in [0.2, 0.25) is 0 Å². The van der Waals surface area contributed by atoms with Crippen molar-refractivity contribution in [2.24, 2.45) is 5.10 Å². The van der Waals surface area contributed by atoms with Crippen LogP contribution in [0.25, 0.3) is 0 Å². The molecule has 0 heterocycles. The first-order chi connectivity index (χ1) is 14.7. The quantitative estimate of drug-likeness (QED) is 0.430. The Morgan fingerprint density at radius 1 is 0.933 bits per heavy atom. The molecule has 6 heteroatoms. The van der Waals surface area contributed by atoms with Crippen LogP contribution in [0.15, 0.2) is 77.9 Å². The maximum absolute atomic E-state index is 11.9. The summed E-state index contributed by atoms with van der Waals surface area (Å²) in [5.74, 6) is 1.55. The average Bonchev–Trinajstić information content (AvgIpc) is 2.78. The maximum Gasteiger partial charge on any atom is 0.277 e. The fraction of sp³-hybridized carbons (Fsp3) is 0.167. The van der Waals surface area contributed by atoms with Gasteiger partial charge in [-0.25, -0.2) is 5.43 Å². The lowest BCUT2D eigenvalue weighted by Crippen LogP contribution is -2.24. The molecule has 3 aromatic carbocycles. The molecule has 1 N–H and O–H groups in total. The number of nitrogens with zero attached hydrogens (tertiary/aromatic N) is 1. The fourth-order valence-electron chi connectivity index (χ4n) is 2.69. The third-order valence-electron chi connectivity index (χ3n) is 4.28. The number of hydrogen-bond acceptors (Lipinski definition) is 5. The second-order valence-electron chi connectivity index (χ2n) is 6.53. The zero-order chi connectivity index (χ0) is 21.2. The summed E-state index contributed by atoms with van der Waals surface area (Å²) in [4.78, 5) is 11.9. The number of carbonyl (C=O) groups excluding carboxylic acids is 1. The van der Waals surface area contributed by atoms with Gasteiger partial charge in [-0.1, -0.05) is 48.5 Å². The molecule has 3 rings (SSSR count). The van der Waals surface area contributed by atoms with Crippen molar-refractivity contribution < 1.29 is 19.0 Å². The number of hydrogen-bond donors (Lipinski definition) is 1. The standard InChI is InChI=1S/C24H24N2O4/c1-18-8-6-7-11-21(18)30-17-24(27)26-25-15-20-12-13-22(23(14-20)28-2)29-16-19-9-4-3-5-10-19/h3-15H,16-17H2,1-2H3,(H,26,27)/b25-15-. The molecular weight excluding hydrogens is 380 g/mol. The molecule has 1 amide bonds. The van der Waals surface area contributed by atoms with Gasteiger partial charge in [0.25, 0.3) is 5.91 Å². The summed E-state index contributed by atoms with van der Waals surface area (Å²) < 4.78 is 16.7. The molecule has 0 fully saturated rings. The van der Waals surface area contributed by atoms with Gasteiger partial charge in [-0.15, -0.1) is 0 Å².